The predicted octanol–water partition coefficient (Wildman–Crippen LogP) is 0.864. The Hall–Kier alpha value is -1.70. The van der Waals surface area contributed by atoms with Crippen molar-refractivity contribution in [3.8, 4) is 0 Å². The van der Waals surface area contributed by atoms with Crippen LogP contribution in [0.2, 0.25) is 5.02 Å². The largest absolute Gasteiger partial charge is 0.488 e. The van der Waals surface area contributed by atoms with Crippen molar-refractivity contribution in [1.29, 1.82) is 0 Å². The minimum atomic E-state index is -1.64. The highest BCUT2D eigenvalue weighted by Gasteiger charge is 2.43. The number of nitrogens with zero attached hydrogens (tertiary/aromatic N) is 1. The highest BCUT2D eigenvalue weighted by molar-refractivity contribution is 6.59. The summed E-state index contributed by atoms with van der Waals surface area (Å²) in [5.74, 6) is -0.734. The summed E-state index contributed by atoms with van der Waals surface area (Å²) in [6.07, 6.45) is 0.642. The maximum absolute atomic E-state index is 12.8. The Labute approximate surface area is 124 Å². The number of rotatable bonds is 3. The van der Waals surface area contributed by atoms with Gasteiger partial charge in [-0.05, 0) is 29.4 Å². The van der Waals surface area contributed by atoms with E-state index in [1.54, 1.807) is 6.07 Å². The summed E-state index contributed by atoms with van der Waals surface area (Å²) < 4.78 is 12.8. The zero-order valence-electron chi connectivity index (χ0n) is 10.8. The van der Waals surface area contributed by atoms with Crippen LogP contribution >= 0.6 is 11.6 Å². The van der Waals surface area contributed by atoms with Gasteiger partial charge < -0.3 is 15.4 Å². The third-order valence-electron chi connectivity index (χ3n) is 3.41. The monoisotopic (exact) mass is 308 g/mol. The van der Waals surface area contributed by atoms with Crippen LogP contribution in [0.25, 0.3) is 10.8 Å². The van der Waals surface area contributed by atoms with E-state index in [-0.39, 0.29) is 17.7 Å². The lowest BCUT2D eigenvalue weighted by Gasteiger charge is -2.08. The lowest BCUT2D eigenvalue weighted by Crippen LogP contribution is -2.29. The third kappa shape index (κ3) is 2.85. The van der Waals surface area contributed by atoms with E-state index in [4.69, 9.17) is 11.6 Å². The Kier molecular flexibility index (Phi) is 3.56. The van der Waals surface area contributed by atoms with Crippen LogP contribution in [0.5, 0.6) is 0 Å². The van der Waals surface area contributed by atoms with Crippen LogP contribution in [0.1, 0.15) is 6.42 Å². The number of anilines is 1. The third-order valence-corrected chi connectivity index (χ3v) is 3.72. The molecular formula is C13H11BClFN2O3. The van der Waals surface area contributed by atoms with Crippen molar-refractivity contribution in [3.63, 3.8) is 0 Å². The van der Waals surface area contributed by atoms with Gasteiger partial charge in [0.15, 0.2) is 0 Å². The van der Waals surface area contributed by atoms with E-state index < -0.39 is 25.1 Å². The molecule has 108 valence electrons. The second-order valence-electron chi connectivity index (χ2n) is 5.01. The first-order valence-electron chi connectivity index (χ1n) is 6.36. The Morgan fingerprint density at radius 2 is 2.14 bits per heavy atom. The smallest absolute Gasteiger partial charge is 0.423 e. The molecule has 1 fully saturated rings. The highest BCUT2D eigenvalue weighted by atomic mass is 35.5. The molecule has 3 rings (SSSR count). The molecule has 2 unspecified atom stereocenters. The number of amides is 1. The first-order valence-corrected chi connectivity index (χ1v) is 6.74. The van der Waals surface area contributed by atoms with Crippen LogP contribution in [0.15, 0.2) is 24.4 Å². The van der Waals surface area contributed by atoms with Crippen molar-refractivity contribution in [2.45, 2.75) is 12.6 Å². The quantitative estimate of drug-likeness (QED) is 0.735. The first-order chi connectivity index (χ1) is 9.95. The maximum Gasteiger partial charge on any atom is 0.488 e. The van der Waals surface area contributed by atoms with Gasteiger partial charge in [0.25, 0.3) is 0 Å². The lowest BCUT2D eigenvalue weighted by atomic mass is 9.79. The van der Waals surface area contributed by atoms with Crippen LogP contribution in [-0.4, -0.2) is 34.2 Å². The first kappa shape index (κ1) is 14.3. The van der Waals surface area contributed by atoms with Gasteiger partial charge >= 0.3 is 7.12 Å². The van der Waals surface area contributed by atoms with E-state index in [0.29, 0.717) is 15.8 Å². The number of pyridine rings is 1. The molecule has 1 saturated carbocycles. The number of alkyl halides is 1. The van der Waals surface area contributed by atoms with Gasteiger partial charge in [0.1, 0.15) is 12.0 Å². The summed E-state index contributed by atoms with van der Waals surface area (Å²) in [7, 11) is -1.64. The van der Waals surface area contributed by atoms with Crippen LogP contribution in [0.4, 0.5) is 10.2 Å². The number of hydrogen-bond donors (Lipinski definition) is 3. The zero-order chi connectivity index (χ0) is 15.1. The molecule has 1 aromatic carbocycles. The van der Waals surface area contributed by atoms with Gasteiger partial charge in [0, 0.05) is 16.6 Å². The molecule has 8 heteroatoms. The number of carbonyl (C=O) groups is 1. The topological polar surface area (TPSA) is 82.5 Å². The molecule has 21 heavy (non-hydrogen) atoms. The molecule has 1 aromatic heterocycles. The average Bonchev–Trinajstić information content (AvgIpc) is 3.15. The number of benzene rings is 1. The van der Waals surface area contributed by atoms with Crippen molar-refractivity contribution < 1.29 is 19.2 Å². The molecule has 0 bridgehead atoms. The number of halogens is 2. The predicted molar refractivity (Wildman–Crippen MR) is 78.2 cm³/mol. The van der Waals surface area contributed by atoms with Crippen molar-refractivity contribution in [1.82, 2.24) is 4.98 Å². The molecule has 1 aliphatic carbocycles. The van der Waals surface area contributed by atoms with Gasteiger partial charge in [-0.25, -0.2) is 9.37 Å². The lowest BCUT2D eigenvalue weighted by molar-refractivity contribution is -0.117. The maximum atomic E-state index is 12.8. The van der Waals surface area contributed by atoms with Crippen LogP contribution in [-0.2, 0) is 4.79 Å². The summed E-state index contributed by atoms with van der Waals surface area (Å²) in [6, 6.07) is 4.53. The van der Waals surface area contributed by atoms with Crippen LogP contribution < -0.4 is 10.8 Å². The summed E-state index contributed by atoms with van der Waals surface area (Å²) in [6.45, 7) is 0. The molecule has 0 spiro atoms. The van der Waals surface area contributed by atoms with Crippen molar-refractivity contribution >= 4 is 46.7 Å². The van der Waals surface area contributed by atoms with E-state index in [2.05, 4.69) is 10.3 Å². The molecule has 0 saturated heterocycles. The number of fused-ring (bicyclic) bond motifs is 1. The van der Waals surface area contributed by atoms with Crippen LogP contribution in [0, 0.1) is 5.92 Å². The zero-order valence-corrected chi connectivity index (χ0v) is 11.5. The normalized spacial score (nSPS) is 20.4. The van der Waals surface area contributed by atoms with Gasteiger partial charge in [-0.2, -0.15) is 0 Å². The molecule has 2 atom stereocenters. The van der Waals surface area contributed by atoms with Crippen molar-refractivity contribution in [2.24, 2.45) is 5.92 Å². The van der Waals surface area contributed by atoms with Gasteiger partial charge in [0.05, 0.1) is 5.92 Å². The molecule has 0 radical (unpaired) electrons. The van der Waals surface area contributed by atoms with E-state index in [1.807, 2.05) is 0 Å². The summed E-state index contributed by atoms with van der Waals surface area (Å²) in [5, 5.41) is 22.5. The SMILES string of the molecule is O=C(Nc1cc2cc(B(O)O)cc(Cl)c2cn1)C1CC1F. The Morgan fingerprint density at radius 3 is 2.76 bits per heavy atom. The second-order valence-corrected chi connectivity index (χ2v) is 5.42. The van der Waals surface area contributed by atoms with Gasteiger partial charge in [-0.15, -0.1) is 0 Å². The molecule has 3 N–H and O–H groups in total. The Balaban J connectivity index is 1.93. The number of aromatic nitrogens is 1. The van der Waals surface area contributed by atoms with E-state index in [1.165, 1.54) is 18.3 Å². The van der Waals surface area contributed by atoms with Crippen LogP contribution in [0.3, 0.4) is 0 Å². The number of hydrogen-bond acceptors (Lipinski definition) is 4. The number of carbonyl (C=O) groups excluding carboxylic acids is 1. The fourth-order valence-electron chi connectivity index (χ4n) is 2.11. The fourth-order valence-corrected chi connectivity index (χ4v) is 2.39. The minimum absolute atomic E-state index is 0.238. The van der Waals surface area contributed by atoms with Gasteiger partial charge in [0.2, 0.25) is 5.91 Å². The fraction of sp³-hybridized carbons (Fsp3) is 0.231. The van der Waals surface area contributed by atoms with E-state index >= 15 is 0 Å². The van der Waals surface area contributed by atoms with Gasteiger partial charge in [-0.1, -0.05) is 17.7 Å². The Bertz CT molecular complexity index is 728. The van der Waals surface area contributed by atoms with Crippen molar-refractivity contribution in [3.05, 3.63) is 29.4 Å². The highest BCUT2D eigenvalue weighted by Crippen LogP contribution is 2.34. The molecule has 1 amide bonds. The molecule has 1 aliphatic rings. The summed E-state index contributed by atoms with van der Waals surface area (Å²) >= 11 is 6.04. The van der Waals surface area contributed by atoms with E-state index in [0.717, 1.165) is 0 Å². The van der Waals surface area contributed by atoms with Crippen molar-refractivity contribution in [2.75, 3.05) is 5.32 Å². The summed E-state index contributed by atoms with van der Waals surface area (Å²) in [5.41, 5.74) is 0.238. The molecule has 2 aromatic rings. The van der Waals surface area contributed by atoms with Gasteiger partial charge in [-0.3, -0.25) is 4.79 Å². The molecular weight excluding hydrogens is 297 g/mol. The average molecular weight is 309 g/mol. The molecule has 0 aliphatic heterocycles. The van der Waals surface area contributed by atoms with E-state index in [9.17, 15) is 19.2 Å². The molecule has 1 heterocycles. The minimum Gasteiger partial charge on any atom is -0.423 e. The Morgan fingerprint density at radius 1 is 1.43 bits per heavy atom. The molecule has 5 nitrogen and oxygen atoms in total. The summed E-state index contributed by atoms with van der Waals surface area (Å²) in [4.78, 5) is 15.7. The second kappa shape index (κ2) is 5.25. The number of nitrogens with one attached hydrogen (secondary N) is 1. The standard InChI is InChI=1S/C13H11BClFN2O3/c15-10-3-7(14(20)21)1-6-2-12(17-5-9(6)10)18-13(19)8-4-11(8)16/h1-3,5,8,11,20-21H,4H2,(H,17,18,19).